The van der Waals surface area contributed by atoms with Crippen molar-refractivity contribution in [1.82, 2.24) is 34.9 Å². The molecule has 2 unspecified atom stereocenters. The SMILES string of the molecule is C=C[C@@H]1CC1(NC(=O)[C@@H]1CC2CN1C(=O)[C@H](C(C)(C)C)NC(=O)N(C)CC/C=C/CCc1c(-c3ccc4ccsc4c3)cnn2c1=O)C(=O)NS(=O)(=O)C1CC1. The molecule has 3 fully saturated rings. The second kappa shape index (κ2) is 14.9. The fourth-order valence-electron chi connectivity index (χ4n) is 7.76. The Kier molecular flexibility index (Phi) is 10.5. The lowest BCUT2D eigenvalue weighted by Gasteiger charge is -2.36. The quantitative estimate of drug-likeness (QED) is 0.301. The maximum absolute atomic E-state index is 14.7. The molecule has 4 aliphatic rings. The summed E-state index contributed by atoms with van der Waals surface area (Å²) in [6.07, 6.45) is 9.67. The highest BCUT2D eigenvalue weighted by Gasteiger charge is 2.62. The van der Waals surface area contributed by atoms with E-state index in [9.17, 15) is 32.4 Å². The van der Waals surface area contributed by atoms with Gasteiger partial charge in [-0.2, -0.15) is 5.10 Å². The van der Waals surface area contributed by atoms with Gasteiger partial charge in [-0.3, -0.25) is 23.9 Å². The zero-order chi connectivity index (χ0) is 40.2. The molecule has 0 spiro atoms. The van der Waals surface area contributed by atoms with Crippen molar-refractivity contribution in [2.24, 2.45) is 11.3 Å². The monoisotopic (exact) mass is 803 g/mol. The van der Waals surface area contributed by atoms with Crippen LogP contribution in [0.3, 0.4) is 0 Å². The minimum Gasteiger partial charge on any atom is -0.339 e. The van der Waals surface area contributed by atoms with Gasteiger partial charge in [0.15, 0.2) is 0 Å². The third-order valence-corrected chi connectivity index (χ3v) is 14.1. The Bertz CT molecular complexity index is 2290. The minimum atomic E-state index is -3.92. The van der Waals surface area contributed by atoms with Crippen molar-refractivity contribution in [3.8, 4) is 11.1 Å². The van der Waals surface area contributed by atoms with Crippen molar-refractivity contribution in [2.75, 3.05) is 20.1 Å². The highest BCUT2D eigenvalue weighted by atomic mass is 32.2. The third kappa shape index (κ3) is 7.64. The maximum atomic E-state index is 14.7. The predicted octanol–water partition coefficient (Wildman–Crippen LogP) is 3.88. The van der Waals surface area contributed by atoms with E-state index in [1.54, 1.807) is 24.6 Å². The number of urea groups is 1. The zero-order valence-corrected chi connectivity index (χ0v) is 33.8. The van der Waals surface area contributed by atoms with Gasteiger partial charge in [0, 0.05) is 48.3 Å². The Morgan fingerprint density at radius 1 is 1.11 bits per heavy atom. The van der Waals surface area contributed by atoms with Gasteiger partial charge in [-0.05, 0) is 72.4 Å². The molecule has 1 saturated heterocycles. The number of allylic oxidation sites excluding steroid dienone is 1. The van der Waals surface area contributed by atoms with Gasteiger partial charge in [-0.15, -0.1) is 17.9 Å². The average molecular weight is 804 g/mol. The van der Waals surface area contributed by atoms with Gasteiger partial charge in [-0.25, -0.2) is 17.9 Å². The topological polar surface area (TPSA) is 180 Å². The highest BCUT2D eigenvalue weighted by molar-refractivity contribution is 7.91. The fourth-order valence-corrected chi connectivity index (χ4v) is 9.95. The van der Waals surface area contributed by atoms with Gasteiger partial charge >= 0.3 is 6.03 Å². The standard InChI is InChI=1S/C40H49N7O7S2/c1-6-26-21-40(26,37(51)44-56(53,54)28-14-15-28)43-34(48)31-20-27-23-46(31)36(50)33(39(2,3)4)42-38(52)45(5)17-10-8-7-9-11-29-30(22-41-47(27)35(29)49)25-13-12-24-16-18-55-32(24)19-25/h6-8,12-13,16,18-19,22,26-28,31,33H,1,9-11,14-15,17,20-21,23H2,2-5H3,(H,42,52)(H,43,48)(H,44,51)/b8-7+/t26-,27?,31+,33-,40?/m1/s1. The first-order valence-electron chi connectivity index (χ1n) is 19.1. The molecule has 3 aromatic rings. The van der Waals surface area contributed by atoms with Crippen molar-refractivity contribution in [3.63, 3.8) is 0 Å². The smallest absolute Gasteiger partial charge is 0.317 e. The van der Waals surface area contributed by atoms with Gasteiger partial charge in [0.25, 0.3) is 11.5 Å². The lowest BCUT2D eigenvalue weighted by atomic mass is 9.85. The van der Waals surface area contributed by atoms with E-state index in [0.29, 0.717) is 49.8 Å². The van der Waals surface area contributed by atoms with E-state index < -0.39 is 74.0 Å². The molecular weight excluding hydrogens is 755 g/mol. The number of hydrogen-bond acceptors (Lipinski definition) is 9. The summed E-state index contributed by atoms with van der Waals surface area (Å²) in [5.74, 6) is -2.62. The van der Waals surface area contributed by atoms with Crippen molar-refractivity contribution in [3.05, 3.63) is 76.6 Å². The minimum absolute atomic E-state index is 0.0220. The van der Waals surface area contributed by atoms with Crippen molar-refractivity contribution >= 4 is 55.2 Å². The van der Waals surface area contributed by atoms with Gasteiger partial charge < -0.3 is 20.4 Å². The predicted molar refractivity (Wildman–Crippen MR) is 214 cm³/mol. The summed E-state index contributed by atoms with van der Waals surface area (Å²) in [6, 6.07) is 4.62. The number of benzene rings is 1. The average Bonchev–Trinajstić information content (AvgIpc) is 4.03. The molecule has 7 rings (SSSR count). The lowest BCUT2D eigenvalue weighted by molar-refractivity contribution is -0.142. The van der Waals surface area contributed by atoms with Crippen LogP contribution in [0.25, 0.3) is 21.2 Å². The molecule has 14 nitrogen and oxygen atoms in total. The van der Waals surface area contributed by atoms with Gasteiger partial charge in [0.1, 0.15) is 17.6 Å². The summed E-state index contributed by atoms with van der Waals surface area (Å²) >= 11 is 1.61. The summed E-state index contributed by atoms with van der Waals surface area (Å²) in [5, 5.41) is 12.8. The van der Waals surface area contributed by atoms with Crippen LogP contribution in [0.1, 0.15) is 70.9 Å². The number of carbonyl (C=O) groups excluding carboxylic acids is 4. The first kappa shape index (κ1) is 39.4. The second-order valence-electron chi connectivity index (χ2n) is 16.5. The number of hydrogen-bond donors (Lipinski definition) is 3. The summed E-state index contributed by atoms with van der Waals surface area (Å²) in [4.78, 5) is 73.7. The molecule has 3 N–H and O–H groups in total. The second-order valence-corrected chi connectivity index (χ2v) is 19.4. The molecule has 4 heterocycles. The number of sulfonamides is 1. The van der Waals surface area contributed by atoms with E-state index in [0.717, 1.165) is 15.6 Å². The largest absolute Gasteiger partial charge is 0.339 e. The number of nitrogens with zero attached hydrogens (tertiary/aromatic N) is 4. The van der Waals surface area contributed by atoms with Crippen LogP contribution in [0, 0.1) is 11.3 Å². The zero-order valence-electron chi connectivity index (χ0n) is 32.1. The molecule has 2 aliphatic heterocycles. The normalized spacial score (nSPS) is 26.6. The Hall–Kier alpha value is -4.83. The van der Waals surface area contributed by atoms with Crippen LogP contribution in [-0.4, -0.2) is 94.8 Å². The van der Waals surface area contributed by atoms with Crippen LogP contribution < -0.4 is 20.9 Å². The molecule has 298 valence electrons. The van der Waals surface area contributed by atoms with E-state index in [-0.39, 0.29) is 24.9 Å². The molecular formula is C40H49N7O7S2. The maximum Gasteiger partial charge on any atom is 0.317 e. The molecule has 1 aromatic carbocycles. The van der Waals surface area contributed by atoms with E-state index in [1.165, 1.54) is 20.6 Å². The van der Waals surface area contributed by atoms with E-state index >= 15 is 0 Å². The van der Waals surface area contributed by atoms with Crippen molar-refractivity contribution in [2.45, 2.75) is 94.6 Å². The number of rotatable bonds is 7. The van der Waals surface area contributed by atoms with Gasteiger partial charge in [0.05, 0.1) is 17.5 Å². The number of thiophene rings is 1. The van der Waals surface area contributed by atoms with Gasteiger partial charge in [0.2, 0.25) is 21.8 Å². The van der Waals surface area contributed by atoms with Crippen LogP contribution in [0.15, 0.2) is 65.4 Å². The molecule has 16 heteroatoms. The first-order valence-corrected chi connectivity index (χ1v) is 21.5. The number of fused-ring (bicyclic) bond motifs is 6. The number of nitrogens with one attached hydrogen (secondary N) is 3. The van der Waals surface area contributed by atoms with E-state index in [4.69, 9.17) is 0 Å². The van der Waals surface area contributed by atoms with E-state index in [1.807, 2.05) is 56.5 Å². The third-order valence-electron chi connectivity index (χ3n) is 11.4. The van der Waals surface area contributed by atoms with Crippen molar-refractivity contribution < 1.29 is 27.6 Å². The van der Waals surface area contributed by atoms with Crippen LogP contribution in [-0.2, 0) is 30.8 Å². The van der Waals surface area contributed by atoms with Crippen LogP contribution >= 0.6 is 11.3 Å². The molecule has 2 aromatic heterocycles. The Morgan fingerprint density at radius 3 is 2.55 bits per heavy atom. The van der Waals surface area contributed by atoms with Crippen molar-refractivity contribution in [1.29, 1.82) is 0 Å². The van der Waals surface area contributed by atoms with Crippen LogP contribution in [0.5, 0.6) is 0 Å². The molecule has 2 aliphatic carbocycles. The number of amides is 5. The molecule has 5 atom stereocenters. The summed E-state index contributed by atoms with van der Waals surface area (Å²) in [5.41, 5.74) is -0.602. The molecule has 0 radical (unpaired) electrons. The van der Waals surface area contributed by atoms with E-state index in [2.05, 4.69) is 33.1 Å². The Balaban J connectivity index is 1.28. The summed E-state index contributed by atoms with van der Waals surface area (Å²) in [6.45, 7) is 9.52. The van der Waals surface area contributed by atoms with Crippen LogP contribution in [0.4, 0.5) is 4.79 Å². The molecule has 56 heavy (non-hydrogen) atoms. The highest BCUT2D eigenvalue weighted by Crippen LogP contribution is 2.46. The first-order chi connectivity index (χ1) is 26.5. The van der Waals surface area contributed by atoms with Gasteiger partial charge in [-0.1, -0.05) is 51.1 Å². The summed E-state index contributed by atoms with van der Waals surface area (Å²) in [7, 11) is -2.27. The lowest BCUT2D eigenvalue weighted by Crippen LogP contribution is -2.61. The molecule has 4 bridgehead atoms. The number of carbonyl (C=O) groups is 4. The Morgan fingerprint density at radius 2 is 1.86 bits per heavy atom. The summed E-state index contributed by atoms with van der Waals surface area (Å²) < 4.78 is 30.1. The van der Waals surface area contributed by atoms with Crippen LogP contribution in [0.2, 0.25) is 0 Å². The molecule has 2 saturated carbocycles. The number of aromatic nitrogens is 2. The molecule has 5 amide bonds. The Labute approximate surface area is 330 Å². The fraction of sp³-hybridized carbons (Fsp3) is 0.500.